The summed E-state index contributed by atoms with van der Waals surface area (Å²) in [6.45, 7) is 3.25. The lowest BCUT2D eigenvalue weighted by Crippen LogP contribution is -2.47. The molecule has 1 unspecified atom stereocenters. The molecular weight excluding hydrogens is 374 g/mol. The number of hydrogen-bond acceptors (Lipinski definition) is 4. The van der Waals surface area contributed by atoms with Gasteiger partial charge in [-0.1, -0.05) is 18.2 Å². The maximum absolute atomic E-state index is 12.9. The molecule has 0 bridgehead atoms. The summed E-state index contributed by atoms with van der Waals surface area (Å²) in [5.74, 6) is -0.126. The minimum Gasteiger partial charge on any atom is -0.337 e. The fraction of sp³-hybridized carbons (Fsp3) is 0.381. The van der Waals surface area contributed by atoms with Gasteiger partial charge in [0.25, 0.3) is 15.9 Å². The van der Waals surface area contributed by atoms with Crippen molar-refractivity contribution in [1.29, 1.82) is 0 Å². The molecule has 1 fully saturated rings. The third-order valence-corrected chi connectivity index (χ3v) is 6.45. The van der Waals surface area contributed by atoms with E-state index in [4.69, 9.17) is 0 Å². The number of carbonyl (C=O) groups excluding carboxylic acids is 1. The third-order valence-electron chi connectivity index (χ3n) is 5.08. The summed E-state index contributed by atoms with van der Waals surface area (Å²) in [5.41, 5.74) is 1.86. The number of likely N-dealkylation sites (tertiary alicyclic amines) is 1. The van der Waals surface area contributed by atoms with Crippen LogP contribution in [0, 0.1) is 6.92 Å². The molecule has 1 heterocycles. The highest BCUT2D eigenvalue weighted by atomic mass is 32.2. The third kappa shape index (κ3) is 4.72. The van der Waals surface area contributed by atoms with Gasteiger partial charge in [-0.05, 0) is 69.8 Å². The van der Waals surface area contributed by atoms with Gasteiger partial charge in [0.05, 0.1) is 4.90 Å². The molecule has 7 heteroatoms. The molecule has 2 aromatic carbocycles. The first kappa shape index (κ1) is 20.4. The molecule has 0 saturated carbocycles. The number of benzene rings is 2. The summed E-state index contributed by atoms with van der Waals surface area (Å²) in [4.78, 5) is 17.0. The van der Waals surface area contributed by atoms with Crippen molar-refractivity contribution in [2.24, 2.45) is 0 Å². The number of aryl methyl sites for hydroxylation is 1. The Labute approximate surface area is 167 Å². The van der Waals surface area contributed by atoms with Crippen LogP contribution in [0.3, 0.4) is 0 Å². The smallest absolute Gasteiger partial charge is 0.261 e. The molecule has 2 aromatic rings. The average molecular weight is 402 g/mol. The number of piperidine rings is 1. The van der Waals surface area contributed by atoms with E-state index in [1.54, 1.807) is 30.3 Å². The molecule has 0 spiro atoms. The Morgan fingerprint density at radius 1 is 1.14 bits per heavy atom. The maximum Gasteiger partial charge on any atom is 0.261 e. The number of carbonyl (C=O) groups is 1. The van der Waals surface area contributed by atoms with Crippen molar-refractivity contribution in [2.45, 2.75) is 30.7 Å². The Morgan fingerprint density at radius 2 is 1.89 bits per heavy atom. The largest absolute Gasteiger partial charge is 0.337 e. The van der Waals surface area contributed by atoms with Crippen molar-refractivity contribution in [3.8, 4) is 0 Å². The van der Waals surface area contributed by atoms with Crippen molar-refractivity contribution in [3.05, 3.63) is 59.7 Å². The van der Waals surface area contributed by atoms with Crippen LogP contribution in [-0.2, 0) is 10.0 Å². The Hall–Kier alpha value is -2.38. The second-order valence-corrected chi connectivity index (χ2v) is 9.20. The summed E-state index contributed by atoms with van der Waals surface area (Å²) in [6, 6.07) is 13.7. The van der Waals surface area contributed by atoms with Crippen LogP contribution >= 0.6 is 0 Å². The standard InChI is InChI=1S/C21H27N3O3S/c1-16-7-4-9-18(13-16)22-28(26,27)20-11-5-8-17(14-20)21(25)24-12-6-10-19(15-24)23(2)3/h4-5,7-9,11,13-14,19,22H,6,10,12,15H2,1-3H3. The van der Waals surface area contributed by atoms with Gasteiger partial charge in [-0.3, -0.25) is 9.52 Å². The van der Waals surface area contributed by atoms with Gasteiger partial charge in [0.1, 0.15) is 0 Å². The minimum atomic E-state index is -3.77. The van der Waals surface area contributed by atoms with Crippen molar-refractivity contribution in [3.63, 3.8) is 0 Å². The highest BCUT2D eigenvalue weighted by Crippen LogP contribution is 2.21. The molecule has 0 radical (unpaired) electrons. The van der Waals surface area contributed by atoms with Crippen LogP contribution in [0.4, 0.5) is 5.69 Å². The van der Waals surface area contributed by atoms with Gasteiger partial charge >= 0.3 is 0 Å². The lowest BCUT2D eigenvalue weighted by molar-refractivity contribution is 0.0635. The number of hydrogen-bond donors (Lipinski definition) is 1. The van der Waals surface area contributed by atoms with Gasteiger partial charge < -0.3 is 9.80 Å². The average Bonchev–Trinajstić information content (AvgIpc) is 2.67. The molecule has 1 atom stereocenters. The van der Waals surface area contributed by atoms with Crippen LogP contribution < -0.4 is 4.72 Å². The number of rotatable bonds is 5. The molecule has 3 rings (SSSR count). The maximum atomic E-state index is 12.9. The van der Waals surface area contributed by atoms with E-state index in [2.05, 4.69) is 9.62 Å². The number of likely N-dealkylation sites (N-methyl/N-ethyl adjacent to an activating group) is 1. The Morgan fingerprint density at radius 3 is 2.61 bits per heavy atom. The van der Waals surface area contributed by atoms with E-state index in [0.29, 0.717) is 30.4 Å². The first-order valence-electron chi connectivity index (χ1n) is 9.41. The summed E-state index contributed by atoms with van der Waals surface area (Å²) >= 11 is 0. The Bertz CT molecular complexity index is 957. The first-order chi connectivity index (χ1) is 13.3. The van der Waals surface area contributed by atoms with E-state index in [1.807, 2.05) is 32.0 Å². The number of sulfonamides is 1. The second kappa shape index (κ2) is 8.32. The SMILES string of the molecule is Cc1cccc(NS(=O)(=O)c2cccc(C(=O)N3CCCC(N(C)C)C3)c2)c1. The summed E-state index contributed by atoms with van der Waals surface area (Å²) < 4.78 is 28.1. The highest BCUT2D eigenvalue weighted by Gasteiger charge is 2.26. The number of anilines is 1. The van der Waals surface area contributed by atoms with Crippen LogP contribution in [0.5, 0.6) is 0 Å². The Balaban J connectivity index is 1.80. The quantitative estimate of drug-likeness (QED) is 0.836. The fourth-order valence-electron chi connectivity index (χ4n) is 3.46. The molecule has 1 aliphatic rings. The lowest BCUT2D eigenvalue weighted by atomic mass is 10.0. The number of nitrogens with zero attached hydrogens (tertiary/aromatic N) is 2. The lowest BCUT2D eigenvalue weighted by Gasteiger charge is -2.36. The van der Waals surface area contributed by atoms with Crippen molar-refractivity contribution < 1.29 is 13.2 Å². The van der Waals surface area contributed by atoms with Crippen molar-refractivity contribution in [1.82, 2.24) is 9.80 Å². The zero-order valence-electron chi connectivity index (χ0n) is 16.6. The van der Waals surface area contributed by atoms with E-state index in [0.717, 1.165) is 18.4 Å². The summed E-state index contributed by atoms with van der Waals surface area (Å²) in [5, 5.41) is 0. The zero-order chi connectivity index (χ0) is 20.3. The van der Waals surface area contributed by atoms with E-state index < -0.39 is 10.0 Å². The molecule has 1 amide bonds. The van der Waals surface area contributed by atoms with Crippen LogP contribution in [-0.4, -0.2) is 57.4 Å². The van der Waals surface area contributed by atoms with Gasteiger partial charge in [-0.25, -0.2) is 8.42 Å². The molecule has 6 nitrogen and oxygen atoms in total. The van der Waals surface area contributed by atoms with Crippen LogP contribution in [0.2, 0.25) is 0 Å². The monoisotopic (exact) mass is 401 g/mol. The fourth-order valence-corrected chi connectivity index (χ4v) is 4.56. The van der Waals surface area contributed by atoms with Gasteiger partial charge in [0.15, 0.2) is 0 Å². The predicted octanol–water partition coefficient (Wildman–Crippen LogP) is 2.96. The molecule has 0 aromatic heterocycles. The molecule has 28 heavy (non-hydrogen) atoms. The van der Waals surface area contributed by atoms with Crippen LogP contribution in [0.25, 0.3) is 0 Å². The van der Waals surface area contributed by atoms with E-state index in [9.17, 15) is 13.2 Å². The van der Waals surface area contributed by atoms with Crippen LogP contribution in [0.15, 0.2) is 53.4 Å². The van der Waals surface area contributed by atoms with E-state index in [1.165, 1.54) is 12.1 Å². The molecule has 1 aliphatic heterocycles. The molecule has 0 aliphatic carbocycles. The number of nitrogens with one attached hydrogen (secondary N) is 1. The van der Waals surface area contributed by atoms with Crippen molar-refractivity contribution in [2.75, 3.05) is 31.9 Å². The second-order valence-electron chi connectivity index (χ2n) is 7.51. The number of amides is 1. The first-order valence-corrected chi connectivity index (χ1v) is 10.9. The van der Waals surface area contributed by atoms with E-state index >= 15 is 0 Å². The van der Waals surface area contributed by atoms with Gasteiger partial charge in [-0.15, -0.1) is 0 Å². The molecule has 1 N–H and O–H groups in total. The predicted molar refractivity (Wildman–Crippen MR) is 111 cm³/mol. The topological polar surface area (TPSA) is 69.7 Å². The zero-order valence-corrected chi connectivity index (χ0v) is 17.4. The molecular formula is C21H27N3O3S. The normalized spacial score (nSPS) is 17.6. The summed E-state index contributed by atoms with van der Waals surface area (Å²) in [7, 11) is 0.263. The molecule has 1 saturated heterocycles. The van der Waals surface area contributed by atoms with E-state index in [-0.39, 0.29) is 10.8 Å². The van der Waals surface area contributed by atoms with Gasteiger partial charge in [0.2, 0.25) is 0 Å². The minimum absolute atomic E-state index is 0.0843. The van der Waals surface area contributed by atoms with Crippen molar-refractivity contribution >= 4 is 21.6 Å². The molecule has 150 valence electrons. The highest BCUT2D eigenvalue weighted by molar-refractivity contribution is 7.92. The van der Waals surface area contributed by atoms with Crippen LogP contribution in [0.1, 0.15) is 28.8 Å². The summed E-state index contributed by atoms with van der Waals surface area (Å²) in [6.07, 6.45) is 2.01. The van der Waals surface area contributed by atoms with Gasteiger partial charge in [-0.2, -0.15) is 0 Å². The Kier molecular flexibility index (Phi) is 6.05. The van der Waals surface area contributed by atoms with Gasteiger partial charge in [0, 0.05) is 30.4 Å².